The van der Waals surface area contributed by atoms with E-state index < -0.39 is 0 Å². The molecule has 23 heavy (non-hydrogen) atoms. The van der Waals surface area contributed by atoms with Gasteiger partial charge in [-0.2, -0.15) is 0 Å². The van der Waals surface area contributed by atoms with Crippen LogP contribution in [0.1, 0.15) is 28.5 Å². The molecule has 1 aromatic heterocycles. The molecule has 0 aliphatic rings. The maximum absolute atomic E-state index is 12.2. The van der Waals surface area contributed by atoms with E-state index in [2.05, 4.69) is 10.3 Å². The Balaban J connectivity index is 1.97. The zero-order chi connectivity index (χ0) is 16.7. The summed E-state index contributed by atoms with van der Waals surface area (Å²) in [6.07, 6.45) is 3.08. The van der Waals surface area contributed by atoms with E-state index >= 15 is 0 Å². The highest BCUT2D eigenvalue weighted by molar-refractivity contribution is 5.97. The minimum atomic E-state index is -0.336. The van der Waals surface area contributed by atoms with Crippen molar-refractivity contribution in [1.29, 1.82) is 0 Å². The average molecular weight is 314 g/mol. The number of rotatable bonds is 7. The summed E-state index contributed by atoms with van der Waals surface area (Å²) in [5.74, 6) is -0.493. The van der Waals surface area contributed by atoms with Crippen LogP contribution < -0.4 is 5.32 Å². The van der Waals surface area contributed by atoms with Gasteiger partial charge in [-0.05, 0) is 42.7 Å². The van der Waals surface area contributed by atoms with E-state index in [1.54, 1.807) is 18.3 Å². The van der Waals surface area contributed by atoms with Crippen molar-refractivity contribution in [2.75, 3.05) is 13.2 Å². The summed E-state index contributed by atoms with van der Waals surface area (Å²) < 4.78 is 0. The largest absolute Gasteiger partial charge is 0.507 e. The first-order chi connectivity index (χ1) is 11.1. The summed E-state index contributed by atoms with van der Waals surface area (Å²) in [5, 5.41) is 22.1. The Bertz CT molecular complexity index is 644. The van der Waals surface area contributed by atoms with Gasteiger partial charge >= 0.3 is 0 Å². The maximum Gasteiger partial charge on any atom is 0.255 e. The second-order valence-electron chi connectivity index (χ2n) is 5.49. The molecule has 2 aromatic rings. The lowest BCUT2D eigenvalue weighted by molar-refractivity contribution is 0.0937. The zero-order valence-electron chi connectivity index (χ0n) is 13.2. The molecule has 0 saturated heterocycles. The summed E-state index contributed by atoms with van der Waals surface area (Å²) in [6.45, 7) is 2.27. The van der Waals surface area contributed by atoms with Gasteiger partial charge in [-0.25, -0.2) is 0 Å². The molecule has 1 atom stereocenters. The first-order valence-electron chi connectivity index (χ1n) is 7.74. The number of amides is 1. The lowest BCUT2D eigenvalue weighted by atomic mass is 10.0. The summed E-state index contributed by atoms with van der Waals surface area (Å²) in [7, 11) is 0. The van der Waals surface area contributed by atoms with Crippen molar-refractivity contribution in [2.24, 2.45) is 5.92 Å². The first-order valence-corrected chi connectivity index (χ1v) is 7.74. The van der Waals surface area contributed by atoms with Gasteiger partial charge in [-0.3, -0.25) is 9.78 Å². The van der Waals surface area contributed by atoms with Crippen LogP contribution in [0.2, 0.25) is 0 Å². The second kappa shape index (κ2) is 8.29. The van der Waals surface area contributed by atoms with Crippen molar-refractivity contribution >= 4 is 5.91 Å². The Kier molecular flexibility index (Phi) is 6.11. The number of benzene rings is 1. The average Bonchev–Trinajstić information content (AvgIpc) is 2.59. The lowest BCUT2D eigenvalue weighted by Crippen LogP contribution is -2.32. The Morgan fingerprint density at radius 2 is 2.13 bits per heavy atom. The monoisotopic (exact) mass is 314 g/mol. The molecule has 5 heteroatoms. The summed E-state index contributed by atoms with van der Waals surface area (Å²) in [6, 6.07) is 10.6. The Hall–Kier alpha value is -2.40. The molecule has 0 bridgehead atoms. The third-order valence-corrected chi connectivity index (χ3v) is 3.75. The number of hydrogen-bond acceptors (Lipinski definition) is 4. The van der Waals surface area contributed by atoms with Crippen molar-refractivity contribution in [3.8, 4) is 5.75 Å². The number of carbonyl (C=O) groups is 1. The number of nitrogens with zero attached hydrogens (tertiary/aromatic N) is 1. The van der Waals surface area contributed by atoms with Gasteiger partial charge < -0.3 is 15.5 Å². The van der Waals surface area contributed by atoms with E-state index in [0.717, 1.165) is 17.7 Å². The molecule has 1 heterocycles. The smallest absolute Gasteiger partial charge is 0.255 e. The first kappa shape index (κ1) is 17.0. The molecular formula is C18H22N2O3. The third kappa shape index (κ3) is 4.79. The molecule has 122 valence electrons. The molecule has 1 amide bonds. The number of aromatic hydroxyl groups is 1. The van der Waals surface area contributed by atoms with Crippen molar-refractivity contribution < 1.29 is 15.0 Å². The molecule has 0 radical (unpaired) electrons. The van der Waals surface area contributed by atoms with Gasteiger partial charge in [0.2, 0.25) is 0 Å². The van der Waals surface area contributed by atoms with E-state index in [4.69, 9.17) is 0 Å². The molecule has 0 fully saturated rings. The number of hydrogen-bond donors (Lipinski definition) is 3. The minimum absolute atomic E-state index is 0.0371. The van der Waals surface area contributed by atoms with E-state index in [9.17, 15) is 15.0 Å². The van der Waals surface area contributed by atoms with Gasteiger partial charge in [0.25, 0.3) is 5.91 Å². The molecule has 1 unspecified atom stereocenters. The predicted octanol–water partition coefficient (Wildman–Crippen LogP) is 1.93. The number of aryl methyl sites for hydroxylation is 1. The van der Waals surface area contributed by atoms with Crippen LogP contribution in [0.4, 0.5) is 0 Å². The van der Waals surface area contributed by atoms with Crippen LogP contribution in [0.3, 0.4) is 0 Å². The van der Waals surface area contributed by atoms with E-state index in [1.807, 2.05) is 25.1 Å². The fourth-order valence-electron chi connectivity index (χ4n) is 2.33. The van der Waals surface area contributed by atoms with Crippen molar-refractivity contribution in [3.63, 3.8) is 0 Å². The number of nitrogens with one attached hydrogen (secondary N) is 1. The fraction of sp³-hybridized carbons (Fsp3) is 0.333. The van der Waals surface area contributed by atoms with E-state index in [-0.39, 0.29) is 29.7 Å². The number of pyridine rings is 1. The van der Waals surface area contributed by atoms with E-state index in [1.165, 1.54) is 6.07 Å². The quantitative estimate of drug-likeness (QED) is 0.729. The van der Waals surface area contributed by atoms with Crippen LogP contribution in [-0.2, 0) is 12.8 Å². The standard InChI is InChI=1S/C18H22N2O3/c1-2-13-6-7-17(22)16(10-13)18(23)20-11-14(12-21)9-15-5-3-4-8-19-15/h3-8,10,14,21-22H,2,9,11-12H2,1H3,(H,20,23). The van der Waals surface area contributed by atoms with Crippen molar-refractivity contribution in [2.45, 2.75) is 19.8 Å². The van der Waals surface area contributed by atoms with Gasteiger partial charge in [0.15, 0.2) is 0 Å². The van der Waals surface area contributed by atoms with Crippen molar-refractivity contribution in [1.82, 2.24) is 10.3 Å². The molecular weight excluding hydrogens is 292 g/mol. The van der Waals surface area contributed by atoms with Gasteiger partial charge in [0.05, 0.1) is 5.56 Å². The maximum atomic E-state index is 12.2. The van der Waals surface area contributed by atoms with Crippen LogP contribution in [0.5, 0.6) is 5.75 Å². The zero-order valence-corrected chi connectivity index (χ0v) is 13.2. The number of carbonyl (C=O) groups excluding carboxylic acids is 1. The normalized spacial score (nSPS) is 11.9. The van der Waals surface area contributed by atoms with Gasteiger partial charge in [-0.1, -0.05) is 19.1 Å². The lowest BCUT2D eigenvalue weighted by Gasteiger charge is -2.15. The molecule has 5 nitrogen and oxygen atoms in total. The number of aliphatic hydroxyl groups is 1. The Morgan fingerprint density at radius 3 is 2.78 bits per heavy atom. The van der Waals surface area contributed by atoms with Crippen LogP contribution in [0, 0.1) is 5.92 Å². The SMILES string of the molecule is CCc1ccc(O)c(C(=O)NCC(CO)Cc2ccccn2)c1. The van der Waals surface area contributed by atoms with Crippen molar-refractivity contribution in [3.05, 3.63) is 59.4 Å². The highest BCUT2D eigenvalue weighted by atomic mass is 16.3. The Morgan fingerprint density at radius 1 is 1.30 bits per heavy atom. The fourth-order valence-corrected chi connectivity index (χ4v) is 2.33. The molecule has 2 rings (SSSR count). The summed E-state index contributed by atoms with van der Waals surface area (Å²) in [5.41, 5.74) is 2.12. The van der Waals surface area contributed by atoms with Gasteiger partial charge in [0, 0.05) is 31.0 Å². The number of aliphatic hydroxyl groups excluding tert-OH is 1. The molecule has 0 aliphatic carbocycles. The second-order valence-corrected chi connectivity index (χ2v) is 5.49. The van der Waals surface area contributed by atoms with Gasteiger partial charge in [-0.15, -0.1) is 0 Å². The number of aromatic nitrogens is 1. The van der Waals surface area contributed by atoms with Crippen LogP contribution in [0.15, 0.2) is 42.6 Å². The van der Waals surface area contributed by atoms with Crippen LogP contribution in [-0.4, -0.2) is 34.3 Å². The predicted molar refractivity (Wildman–Crippen MR) is 88.3 cm³/mol. The summed E-state index contributed by atoms with van der Waals surface area (Å²) >= 11 is 0. The van der Waals surface area contributed by atoms with E-state index in [0.29, 0.717) is 13.0 Å². The van der Waals surface area contributed by atoms with Gasteiger partial charge in [0.1, 0.15) is 5.75 Å². The molecule has 1 aromatic carbocycles. The topological polar surface area (TPSA) is 82.5 Å². The molecule has 0 spiro atoms. The minimum Gasteiger partial charge on any atom is -0.507 e. The molecule has 0 aliphatic heterocycles. The van der Waals surface area contributed by atoms with Crippen LogP contribution >= 0.6 is 0 Å². The summed E-state index contributed by atoms with van der Waals surface area (Å²) in [4.78, 5) is 16.5. The van der Waals surface area contributed by atoms with Crippen LogP contribution in [0.25, 0.3) is 0 Å². The highest BCUT2D eigenvalue weighted by Gasteiger charge is 2.15. The Labute approximate surface area is 136 Å². The number of phenols is 1. The molecule has 0 saturated carbocycles. The third-order valence-electron chi connectivity index (χ3n) is 3.75. The highest BCUT2D eigenvalue weighted by Crippen LogP contribution is 2.19. The molecule has 3 N–H and O–H groups in total. The number of phenolic OH excluding ortho intramolecular Hbond substituents is 1.